The van der Waals surface area contributed by atoms with Crippen molar-refractivity contribution in [3.05, 3.63) is 30.1 Å². The summed E-state index contributed by atoms with van der Waals surface area (Å²) in [4.78, 5) is 11.7. The molecule has 0 unspecified atom stereocenters. The van der Waals surface area contributed by atoms with Crippen molar-refractivity contribution in [2.75, 3.05) is 5.01 Å². The lowest BCUT2D eigenvalue weighted by atomic mass is 10.2. The highest BCUT2D eigenvalue weighted by atomic mass is 19.1. The van der Waals surface area contributed by atoms with E-state index < -0.39 is 5.66 Å². The molecular weight excluding hydrogens is 209 g/mol. The molecule has 1 aromatic rings. The molecule has 1 aliphatic heterocycles. The van der Waals surface area contributed by atoms with Gasteiger partial charge in [-0.3, -0.25) is 0 Å². The Balaban J connectivity index is 2.23. The van der Waals surface area contributed by atoms with Gasteiger partial charge in [0.15, 0.2) is 0 Å². The number of urea groups is 1. The van der Waals surface area contributed by atoms with Gasteiger partial charge in [-0.2, -0.15) is 0 Å². The molecule has 0 aliphatic carbocycles. The zero-order valence-electron chi connectivity index (χ0n) is 9.25. The summed E-state index contributed by atoms with van der Waals surface area (Å²) in [7, 11) is 0. The minimum Gasteiger partial charge on any atom is -0.317 e. The number of hydrogen-bond acceptors (Lipinski definition) is 2. The Labute approximate surface area is 93.4 Å². The van der Waals surface area contributed by atoms with Crippen LogP contribution in [0.25, 0.3) is 0 Å². The van der Waals surface area contributed by atoms with Gasteiger partial charge in [-0.15, -0.1) is 0 Å². The SMILES string of the molecule is CC[C@@]1(C)NC(=O)N(c2ccc(F)cc2)N1. The molecule has 1 heterocycles. The van der Waals surface area contributed by atoms with Crippen LogP contribution in [-0.4, -0.2) is 11.7 Å². The van der Waals surface area contributed by atoms with Gasteiger partial charge in [-0.05, 0) is 37.6 Å². The molecule has 2 N–H and O–H groups in total. The maximum atomic E-state index is 12.7. The second-order valence-corrected chi connectivity index (χ2v) is 4.04. The lowest BCUT2D eigenvalue weighted by Gasteiger charge is -2.23. The van der Waals surface area contributed by atoms with Crippen LogP contribution in [0.15, 0.2) is 24.3 Å². The number of carbonyl (C=O) groups is 1. The van der Waals surface area contributed by atoms with Gasteiger partial charge < -0.3 is 5.32 Å². The average molecular weight is 223 g/mol. The number of anilines is 1. The van der Waals surface area contributed by atoms with Gasteiger partial charge in [0.25, 0.3) is 0 Å². The highest BCUT2D eigenvalue weighted by Crippen LogP contribution is 2.20. The molecule has 5 heteroatoms. The summed E-state index contributed by atoms with van der Waals surface area (Å²) in [5, 5.41) is 4.22. The van der Waals surface area contributed by atoms with Crippen LogP contribution in [0.5, 0.6) is 0 Å². The molecule has 1 fully saturated rings. The Bertz CT molecular complexity index is 406. The number of amides is 2. The Morgan fingerprint density at radius 2 is 2.00 bits per heavy atom. The molecule has 0 radical (unpaired) electrons. The van der Waals surface area contributed by atoms with Crippen LogP contribution < -0.4 is 15.8 Å². The quantitative estimate of drug-likeness (QED) is 0.805. The predicted octanol–water partition coefficient (Wildman–Crippen LogP) is 1.99. The van der Waals surface area contributed by atoms with E-state index in [1.165, 1.54) is 17.1 Å². The third kappa shape index (κ3) is 1.86. The Morgan fingerprint density at radius 3 is 2.50 bits per heavy atom. The molecule has 1 saturated heterocycles. The topological polar surface area (TPSA) is 44.4 Å². The number of benzene rings is 1. The molecule has 0 bridgehead atoms. The first-order valence-corrected chi connectivity index (χ1v) is 5.20. The smallest absolute Gasteiger partial charge is 0.317 e. The highest BCUT2D eigenvalue weighted by Gasteiger charge is 2.37. The van der Waals surface area contributed by atoms with Crippen molar-refractivity contribution in [1.29, 1.82) is 0 Å². The fourth-order valence-electron chi connectivity index (χ4n) is 1.56. The summed E-state index contributed by atoms with van der Waals surface area (Å²) in [5.74, 6) is -0.318. The second-order valence-electron chi connectivity index (χ2n) is 4.04. The third-order valence-corrected chi connectivity index (χ3v) is 2.74. The van der Waals surface area contributed by atoms with Crippen molar-refractivity contribution in [3.8, 4) is 0 Å². The first-order chi connectivity index (χ1) is 7.54. The van der Waals surface area contributed by atoms with Gasteiger partial charge in [0.2, 0.25) is 0 Å². The van der Waals surface area contributed by atoms with Gasteiger partial charge in [-0.25, -0.2) is 19.6 Å². The van der Waals surface area contributed by atoms with Crippen molar-refractivity contribution in [2.24, 2.45) is 0 Å². The zero-order chi connectivity index (χ0) is 11.8. The Kier molecular flexibility index (Phi) is 2.55. The van der Waals surface area contributed by atoms with Gasteiger partial charge in [-0.1, -0.05) is 6.92 Å². The molecule has 86 valence electrons. The van der Waals surface area contributed by atoms with E-state index in [1.807, 2.05) is 13.8 Å². The van der Waals surface area contributed by atoms with Gasteiger partial charge in [0.1, 0.15) is 11.5 Å². The van der Waals surface area contributed by atoms with Crippen LogP contribution in [-0.2, 0) is 0 Å². The van der Waals surface area contributed by atoms with E-state index in [4.69, 9.17) is 0 Å². The lowest BCUT2D eigenvalue weighted by Crippen LogP contribution is -2.47. The fraction of sp³-hybridized carbons (Fsp3) is 0.364. The lowest BCUT2D eigenvalue weighted by molar-refractivity contribution is 0.247. The fourth-order valence-corrected chi connectivity index (χ4v) is 1.56. The molecule has 16 heavy (non-hydrogen) atoms. The maximum absolute atomic E-state index is 12.7. The summed E-state index contributed by atoms with van der Waals surface area (Å²) >= 11 is 0. The number of rotatable bonds is 2. The number of nitrogens with zero attached hydrogens (tertiary/aromatic N) is 1. The van der Waals surface area contributed by atoms with Crippen molar-refractivity contribution in [1.82, 2.24) is 10.7 Å². The summed E-state index contributed by atoms with van der Waals surface area (Å²) in [6, 6.07) is 5.54. The Hall–Kier alpha value is -1.62. The molecule has 2 rings (SSSR count). The number of carbonyl (C=O) groups excluding carboxylic acids is 1. The van der Waals surface area contributed by atoms with Crippen LogP contribution in [0.3, 0.4) is 0 Å². The molecule has 0 saturated carbocycles. The largest absolute Gasteiger partial charge is 0.338 e. The zero-order valence-corrected chi connectivity index (χ0v) is 9.25. The van der Waals surface area contributed by atoms with Crippen LogP contribution >= 0.6 is 0 Å². The second kappa shape index (κ2) is 3.75. The number of hydrazine groups is 1. The number of hydrogen-bond donors (Lipinski definition) is 2. The number of nitrogens with one attached hydrogen (secondary N) is 2. The molecule has 1 atom stereocenters. The molecule has 1 aliphatic rings. The standard InChI is InChI=1S/C11H14FN3O/c1-3-11(2)13-10(16)15(14-11)9-6-4-8(12)5-7-9/h4-7,14H,3H2,1-2H3,(H,13,16)/t11-/m0/s1. The first-order valence-electron chi connectivity index (χ1n) is 5.20. The van der Waals surface area contributed by atoms with Crippen molar-refractivity contribution in [3.63, 3.8) is 0 Å². The number of halogens is 1. The summed E-state index contributed by atoms with van der Waals surface area (Å²) in [6.45, 7) is 3.87. The van der Waals surface area contributed by atoms with Gasteiger partial charge >= 0.3 is 6.03 Å². The molecule has 1 aromatic carbocycles. The molecule has 0 spiro atoms. The van der Waals surface area contributed by atoms with Crippen molar-refractivity contribution in [2.45, 2.75) is 25.9 Å². The van der Waals surface area contributed by atoms with E-state index in [-0.39, 0.29) is 11.8 Å². The van der Waals surface area contributed by atoms with E-state index in [0.29, 0.717) is 5.69 Å². The van der Waals surface area contributed by atoms with Crippen molar-refractivity contribution >= 4 is 11.7 Å². The third-order valence-electron chi connectivity index (χ3n) is 2.74. The van der Waals surface area contributed by atoms with Crippen LogP contribution in [0.2, 0.25) is 0 Å². The minimum absolute atomic E-state index is 0.226. The summed E-state index contributed by atoms with van der Waals surface area (Å²) in [5.41, 5.74) is 3.24. The maximum Gasteiger partial charge on any atom is 0.338 e. The van der Waals surface area contributed by atoms with Crippen LogP contribution in [0.1, 0.15) is 20.3 Å². The van der Waals surface area contributed by atoms with Gasteiger partial charge in [0.05, 0.1) is 5.69 Å². The van der Waals surface area contributed by atoms with Gasteiger partial charge in [0, 0.05) is 0 Å². The average Bonchev–Trinajstić information content (AvgIpc) is 2.57. The summed E-state index contributed by atoms with van der Waals surface area (Å²) in [6.07, 6.45) is 0.760. The van der Waals surface area contributed by atoms with Crippen molar-refractivity contribution < 1.29 is 9.18 Å². The monoisotopic (exact) mass is 223 g/mol. The van der Waals surface area contributed by atoms with Crippen LogP contribution in [0, 0.1) is 5.82 Å². The minimum atomic E-state index is -0.439. The Morgan fingerprint density at radius 1 is 1.38 bits per heavy atom. The normalized spacial score (nSPS) is 24.7. The highest BCUT2D eigenvalue weighted by molar-refractivity contribution is 5.93. The van der Waals surface area contributed by atoms with Crippen LogP contribution in [0.4, 0.5) is 14.9 Å². The first kappa shape index (κ1) is 10.9. The van der Waals surface area contributed by atoms with E-state index in [2.05, 4.69) is 10.7 Å². The van der Waals surface area contributed by atoms with E-state index in [1.54, 1.807) is 12.1 Å². The molecule has 0 aromatic heterocycles. The predicted molar refractivity (Wildman–Crippen MR) is 59.2 cm³/mol. The summed E-state index contributed by atoms with van der Waals surface area (Å²) < 4.78 is 12.7. The molecule has 4 nitrogen and oxygen atoms in total. The van der Waals surface area contributed by atoms with E-state index in [0.717, 1.165) is 6.42 Å². The molecule has 2 amide bonds. The van der Waals surface area contributed by atoms with E-state index in [9.17, 15) is 9.18 Å². The molecular formula is C11H14FN3O. The van der Waals surface area contributed by atoms with E-state index >= 15 is 0 Å².